The molecule has 0 saturated carbocycles. The van der Waals surface area contributed by atoms with Gasteiger partial charge in [-0.3, -0.25) is 4.79 Å². The molecular weight excluding hydrogens is 400 g/mol. The van der Waals surface area contributed by atoms with Crippen molar-refractivity contribution in [1.29, 1.82) is 0 Å². The Hall–Kier alpha value is -1.01. The van der Waals surface area contributed by atoms with E-state index in [0.29, 0.717) is 16.3 Å². The highest BCUT2D eigenvalue weighted by Gasteiger charge is 2.45. The van der Waals surface area contributed by atoms with E-state index in [-0.39, 0.29) is 19.0 Å². The minimum Gasteiger partial charge on any atom is -0.491 e. The normalized spacial score (nSPS) is 20.1. The summed E-state index contributed by atoms with van der Waals surface area (Å²) < 4.78 is 5.58. The second-order valence-electron chi connectivity index (χ2n) is 5.42. The fourth-order valence-corrected chi connectivity index (χ4v) is 3.99. The molecule has 2 aromatic carbocycles. The number of hydrogen-bond acceptors (Lipinski definition) is 4. The highest BCUT2D eigenvalue weighted by atomic mass is 79.9. The van der Waals surface area contributed by atoms with E-state index >= 15 is 0 Å². The van der Waals surface area contributed by atoms with E-state index in [1.165, 1.54) is 11.8 Å². The van der Waals surface area contributed by atoms with Crippen LogP contribution in [0, 0.1) is 6.92 Å². The summed E-state index contributed by atoms with van der Waals surface area (Å²) >= 11 is 10.6. The van der Waals surface area contributed by atoms with Crippen molar-refractivity contribution in [2.75, 3.05) is 13.2 Å². The van der Waals surface area contributed by atoms with Crippen molar-refractivity contribution in [2.45, 2.75) is 16.6 Å². The van der Waals surface area contributed by atoms with E-state index in [1.54, 1.807) is 18.2 Å². The summed E-state index contributed by atoms with van der Waals surface area (Å²) in [6.45, 7) is 1.77. The molecule has 0 unspecified atom stereocenters. The van der Waals surface area contributed by atoms with Crippen molar-refractivity contribution < 1.29 is 14.6 Å². The first-order valence-electron chi connectivity index (χ1n) is 6.98. The van der Waals surface area contributed by atoms with Crippen LogP contribution in [0.4, 0.5) is 0 Å². The molecule has 3 nitrogen and oxygen atoms in total. The van der Waals surface area contributed by atoms with Gasteiger partial charge in [0.15, 0.2) is 5.78 Å². The molecule has 0 aliphatic carbocycles. The summed E-state index contributed by atoms with van der Waals surface area (Å²) in [7, 11) is 0. The average molecular weight is 414 g/mol. The number of aliphatic hydroxyl groups excluding tert-OH is 1. The van der Waals surface area contributed by atoms with Gasteiger partial charge in [-0.2, -0.15) is 0 Å². The Balaban J connectivity index is 1.98. The lowest BCUT2D eigenvalue weighted by atomic mass is 9.94. The van der Waals surface area contributed by atoms with Crippen LogP contribution in [0.5, 0.6) is 5.75 Å². The maximum atomic E-state index is 13.0. The molecule has 6 heteroatoms. The Labute approximate surface area is 152 Å². The molecule has 2 aromatic rings. The molecule has 0 saturated heterocycles. The Morgan fingerprint density at radius 1 is 1.35 bits per heavy atom. The predicted octanol–water partition coefficient (Wildman–Crippen LogP) is 4.51. The zero-order chi connectivity index (χ0) is 16.6. The van der Waals surface area contributed by atoms with Gasteiger partial charge in [0.1, 0.15) is 17.1 Å². The molecule has 1 aliphatic rings. The number of rotatable bonds is 3. The molecule has 0 amide bonds. The third-order valence-corrected chi connectivity index (χ3v) is 6.20. The summed E-state index contributed by atoms with van der Waals surface area (Å²) in [5, 5.41) is 10.5. The molecule has 1 heterocycles. The Bertz CT molecular complexity index is 763. The molecule has 1 atom stereocenters. The van der Waals surface area contributed by atoms with E-state index in [2.05, 4.69) is 15.9 Å². The van der Waals surface area contributed by atoms with Gasteiger partial charge in [-0.1, -0.05) is 27.5 Å². The minimum atomic E-state index is -1.05. The van der Waals surface area contributed by atoms with Gasteiger partial charge in [0.05, 0.1) is 12.2 Å². The minimum absolute atomic E-state index is 0.123. The lowest BCUT2D eigenvalue weighted by Gasteiger charge is -2.34. The first-order valence-corrected chi connectivity index (χ1v) is 8.97. The van der Waals surface area contributed by atoms with Crippen LogP contribution >= 0.6 is 39.3 Å². The number of hydrogen-bond donors (Lipinski definition) is 1. The van der Waals surface area contributed by atoms with Gasteiger partial charge >= 0.3 is 0 Å². The van der Waals surface area contributed by atoms with Gasteiger partial charge in [-0.25, -0.2) is 0 Å². The standard InChI is InChI=1S/C17H14BrClO3S/c1-10-6-15-13(7-14(10)18)16(21)17(8-20,9-22-15)23-12-4-2-11(19)3-5-12/h2-7,20H,8-9H2,1H3/t17-/m1/s1. The van der Waals surface area contributed by atoms with Crippen molar-refractivity contribution in [1.82, 2.24) is 0 Å². The van der Waals surface area contributed by atoms with E-state index in [4.69, 9.17) is 16.3 Å². The van der Waals surface area contributed by atoms with Crippen LogP contribution in [0.15, 0.2) is 45.8 Å². The molecule has 1 aliphatic heterocycles. The number of ketones is 1. The molecule has 120 valence electrons. The molecule has 0 bridgehead atoms. The summed E-state index contributed by atoms with van der Waals surface area (Å²) in [5.41, 5.74) is 1.49. The Morgan fingerprint density at radius 2 is 2.04 bits per heavy atom. The van der Waals surface area contributed by atoms with Gasteiger partial charge in [-0.05, 0) is 48.9 Å². The van der Waals surface area contributed by atoms with Crippen LogP contribution in [0.1, 0.15) is 15.9 Å². The Morgan fingerprint density at radius 3 is 2.70 bits per heavy atom. The van der Waals surface area contributed by atoms with Crippen molar-refractivity contribution in [3.63, 3.8) is 0 Å². The van der Waals surface area contributed by atoms with Crippen LogP contribution in [0.2, 0.25) is 5.02 Å². The van der Waals surface area contributed by atoms with Gasteiger partial charge in [0.2, 0.25) is 0 Å². The molecular formula is C17H14BrClO3S. The van der Waals surface area contributed by atoms with Crippen molar-refractivity contribution in [3.05, 3.63) is 57.0 Å². The number of benzene rings is 2. The Kier molecular flexibility index (Phi) is 4.74. The highest BCUT2D eigenvalue weighted by molar-refractivity contribution is 9.10. The van der Waals surface area contributed by atoms with E-state index in [9.17, 15) is 9.90 Å². The van der Waals surface area contributed by atoms with E-state index in [0.717, 1.165) is 14.9 Å². The van der Waals surface area contributed by atoms with Crippen LogP contribution in [0.25, 0.3) is 0 Å². The second-order valence-corrected chi connectivity index (χ2v) is 8.17. The number of halogens is 2. The lowest BCUT2D eigenvalue weighted by molar-refractivity contribution is 0.0797. The monoisotopic (exact) mass is 412 g/mol. The van der Waals surface area contributed by atoms with Crippen LogP contribution in [0.3, 0.4) is 0 Å². The topological polar surface area (TPSA) is 46.5 Å². The maximum Gasteiger partial charge on any atom is 0.188 e. The van der Waals surface area contributed by atoms with Gasteiger partial charge in [0.25, 0.3) is 0 Å². The fourth-order valence-electron chi connectivity index (χ4n) is 2.41. The molecule has 0 fully saturated rings. The number of fused-ring (bicyclic) bond motifs is 1. The smallest absolute Gasteiger partial charge is 0.188 e. The maximum absolute atomic E-state index is 13.0. The van der Waals surface area contributed by atoms with Crippen LogP contribution in [-0.2, 0) is 0 Å². The number of Topliss-reactive ketones (excluding diaryl/α,β-unsaturated/α-hetero) is 1. The molecule has 0 radical (unpaired) electrons. The first-order chi connectivity index (χ1) is 10.9. The lowest BCUT2D eigenvalue weighted by Crippen LogP contribution is -2.47. The number of aryl methyl sites for hydroxylation is 1. The zero-order valence-corrected chi connectivity index (χ0v) is 15.5. The third-order valence-electron chi connectivity index (χ3n) is 3.76. The summed E-state index contributed by atoms with van der Waals surface area (Å²) in [6.07, 6.45) is 0. The number of thioether (sulfide) groups is 1. The quantitative estimate of drug-likeness (QED) is 0.804. The molecule has 0 spiro atoms. The van der Waals surface area contributed by atoms with E-state index in [1.807, 2.05) is 25.1 Å². The predicted molar refractivity (Wildman–Crippen MR) is 95.8 cm³/mol. The van der Waals surface area contributed by atoms with Crippen molar-refractivity contribution in [3.8, 4) is 5.75 Å². The summed E-state index contributed by atoms with van der Waals surface area (Å²) in [6, 6.07) is 10.8. The van der Waals surface area contributed by atoms with Crippen LogP contribution < -0.4 is 4.74 Å². The summed E-state index contributed by atoms with van der Waals surface area (Å²) in [5.74, 6) is 0.443. The molecule has 23 heavy (non-hydrogen) atoms. The van der Waals surface area contributed by atoms with Crippen molar-refractivity contribution in [2.24, 2.45) is 0 Å². The molecule has 1 N–H and O–H groups in total. The molecule has 3 rings (SSSR count). The fraction of sp³-hybridized carbons (Fsp3) is 0.235. The number of carbonyl (C=O) groups excluding carboxylic acids is 1. The third kappa shape index (κ3) is 3.15. The van der Waals surface area contributed by atoms with Gasteiger partial charge < -0.3 is 9.84 Å². The van der Waals surface area contributed by atoms with Gasteiger partial charge in [-0.15, -0.1) is 11.8 Å². The SMILES string of the molecule is Cc1cc2c(cc1Br)C(=O)[C@](CO)(Sc1ccc(Cl)cc1)CO2. The number of carbonyl (C=O) groups is 1. The number of aliphatic hydroxyl groups is 1. The molecule has 0 aromatic heterocycles. The summed E-state index contributed by atoms with van der Waals surface area (Å²) in [4.78, 5) is 13.9. The first kappa shape index (κ1) is 16.8. The largest absolute Gasteiger partial charge is 0.491 e. The van der Waals surface area contributed by atoms with Crippen LogP contribution in [-0.4, -0.2) is 28.9 Å². The van der Waals surface area contributed by atoms with E-state index < -0.39 is 4.75 Å². The second kappa shape index (κ2) is 6.48. The average Bonchev–Trinajstić information content (AvgIpc) is 2.54. The zero-order valence-electron chi connectivity index (χ0n) is 12.3. The van der Waals surface area contributed by atoms with Crippen molar-refractivity contribution >= 4 is 45.1 Å². The highest BCUT2D eigenvalue weighted by Crippen LogP contribution is 2.42. The number of ether oxygens (including phenoxy) is 1. The van der Waals surface area contributed by atoms with Gasteiger partial charge in [0, 0.05) is 14.4 Å².